The van der Waals surface area contributed by atoms with Gasteiger partial charge in [0, 0.05) is 18.7 Å². The molecule has 1 aliphatic rings. The van der Waals surface area contributed by atoms with E-state index in [1.165, 1.54) is 11.0 Å². The van der Waals surface area contributed by atoms with Gasteiger partial charge in [-0.1, -0.05) is 42.5 Å². The van der Waals surface area contributed by atoms with Crippen LogP contribution in [0.5, 0.6) is 5.75 Å². The van der Waals surface area contributed by atoms with Crippen molar-refractivity contribution in [2.75, 3.05) is 13.2 Å². The summed E-state index contributed by atoms with van der Waals surface area (Å²) in [5.74, 6) is -3.65. The molecule has 1 heterocycles. The van der Waals surface area contributed by atoms with Crippen LogP contribution in [-0.2, 0) is 46.6 Å². The molecule has 1 saturated heterocycles. The summed E-state index contributed by atoms with van der Waals surface area (Å²) in [5, 5.41) is 28.3. The Morgan fingerprint density at radius 3 is 2.30 bits per heavy atom. The Morgan fingerprint density at radius 2 is 1.70 bits per heavy atom. The van der Waals surface area contributed by atoms with Gasteiger partial charge in [-0.15, -0.1) is 10.1 Å². The monoisotopic (exact) mass is 643 g/mol. The van der Waals surface area contributed by atoms with Crippen molar-refractivity contribution in [2.45, 2.75) is 64.3 Å². The predicted molar refractivity (Wildman–Crippen MR) is 161 cm³/mol. The molecule has 0 unspecified atom stereocenters. The van der Waals surface area contributed by atoms with Gasteiger partial charge in [0.2, 0.25) is 5.91 Å². The van der Waals surface area contributed by atoms with E-state index in [-0.39, 0.29) is 24.9 Å². The normalized spacial score (nSPS) is 15.2. The number of carboxylic acids is 2. The zero-order valence-corrected chi connectivity index (χ0v) is 25.4. The molecule has 1 aliphatic heterocycles. The lowest BCUT2D eigenvalue weighted by Crippen LogP contribution is -2.53. The van der Waals surface area contributed by atoms with Gasteiger partial charge in [0.15, 0.2) is 0 Å². The second kappa shape index (κ2) is 19.2. The molecule has 0 bridgehead atoms. The van der Waals surface area contributed by atoms with Crippen LogP contribution >= 0.6 is 0 Å². The maximum atomic E-state index is 13.3. The van der Waals surface area contributed by atoms with Gasteiger partial charge in [0.25, 0.3) is 5.09 Å². The largest absolute Gasteiger partial charge is 0.478 e. The molecule has 2 aromatic carbocycles. The van der Waals surface area contributed by atoms with Crippen LogP contribution in [0.2, 0.25) is 0 Å². The van der Waals surface area contributed by atoms with Crippen molar-refractivity contribution >= 4 is 29.8 Å². The summed E-state index contributed by atoms with van der Waals surface area (Å²) in [6, 6.07) is 13.7. The molecule has 0 aromatic heterocycles. The molecule has 3 rings (SSSR count). The van der Waals surface area contributed by atoms with E-state index in [0.29, 0.717) is 49.9 Å². The van der Waals surface area contributed by atoms with Crippen LogP contribution < -0.4 is 10.1 Å². The van der Waals surface area contributed by atoms with Gasteiger partial charge in [0.1, 0.15) is 24.4 Å². The highest BCUT2D eigenvalue weighted by Gasteiger charge is 2.38. The van der Waals surface area contributed by atoms with Crippen LogP contribution in [0.1, 0.15) is 44.2 Å². The fourth-order valence-corrected chi connectivity index (χ4v) is 4.52. The Hall–Kier alpha value is -5.31. The Balaban J connectivity index is 0.000000812. The lowest BCUT2D eigenvalue weighted by molar-refractivity contribution is -0.763. The Bertz CT molecular complexity index is 1370. The van der Waals surface area contributed by atoms with E-state index in [1.54, 1.807) is 32.0 Å². The number of ether oxygens (including phenoxy) is 2. The van der Waals surface area contributed by atoms with Gasteiger partial charge in [-0.25, -0.2) is 14.4 Å². The molecule has 3 N–H and O–H groups in total. The van der Waals surface area contributed by atoms with E-state index in [0.717, 1.165) is 5.56 Å². The van der Waals surface area contributed by atoms with Crippen LogP contribution in [0.25, 0.3) is 0 Å². The van der Waals surface area contributed by atoms with Crippen molar-refractivity contribution in [3.63, 3.8) is 0 Å². The first-order valence-electron chi connectivity index (χ1n) is 14.4. The summed E-state index contributed by atoms with van der Waals surface area (Å²) in [4.78, 5) is 74.3. The molecule has 0 aliphatic carbocycles. The highest BCUT2D eigenvalue weighted by Crippen LogP contribution is 2.22. The smallest absolute Gasteiger partial charge is 0.334 e. The van der Waals surface area contributed by atoms with E-state index < -0.39 is 47.1 Å². The number of likely N-dealkylation sites (tertiary alicyclic amines) is 1. The first-order valence-corrected chi connectivity index (χ1v) is 14.4. The minimum Gasteiger partial charge on any atom is -0.478 e. The van der Waals surface area contributed by atoms with Gasteiger partial charge in [-0.05, 0) is 62.8 Å². The third-order valence-corrected chi connectivity index (χ3v) is 6.59. The molecule has 1 amide bonds. The Kier molecular flexibility index (Phi) is 15.4. The van der Waals surface area contributed by atoms with Gasteiger partial charge >= 0.3 is 23.9 Å². The minimum atomic E-state index is -1.26. The lowest BCUT2D eigenvalue weighted by atomic mass is 10.0. The summed E-state index contributed by atoms with van der Waals surface area (Å²) >= 11 is 0. The van der Waals surface area contributed by atoms with Crippen LogP contribution in [0.3, 0.4) is 0 Å². The number of aliphatic carboxylic acids is 2. The SMILES string of the molecule is CCOC(=O)[C@H](CCc1ccccc1)N[C@@H](C)C(=O)N1CCC[C@H]1C(=O)Oc1cccc(CO[N+](=O)[O-])c1.O=C(O)/C=C\C(=O)O. The Labute approximate surface area is 264 Å². The molecule has 0 spiro atoms. The number of nitrogens with zero attached hydrogens (tertiary/aromatic N) is 2. The number of esters is 2. The number of hydrogen-bond donors (Lipinski definition) is 3. The highest BCUT2D eigenvalue weighted by molar-refractivity contribution is 5.90. The minimum absolute atomic E-state index is 0.202. The van der Waals surface area contributed by atoms with Gasteiger partial charge in [-0.2, -0.15) is 0 Å². The number of amides is 1. The van der Waals surface area contributed by atoms with Crippen LogP contribution in [0.15, 0.2) is 66.7 Å². The van der Waals surface area contributed by atoms with E-state index in [9.17, 15) is 34.1 Å². The quantitative estimate of drug-likeness (QED) is 0.0838. The first-order chi connectivity index (χ1) is 21.9. The number of carbonyl (C=O) groups excluding carboxylic acids is 3. The maximum absolute atomic E-state index is 13.3. The average molecular weight is 644 g/mol. The second-order valence-corrected chi connectivity index (χ2v) is 9.98. The number of carbonyl (C=O) groups is 5. The number of aryl methyl sites for hydroxylation is 1. The van der Waals surface area contributed by atoms with Gasteiger partial charge in [0.05, 0.1) is 12.6 Å². The third-order valence-electron chi connectivity index (χ3n) is 6.59. The first kappa shape index (κ1) is 36.9. The van der Waals surface area contributed by atoms with Crippen molar-refractivity contribution in [3.05, 3.63) is 88.0 Å². The van der Waals surface area contributed by atoms with E-state index in [1.807, 2.05) is 30.3 Å². The lowest BCUT2D eigenvalue weighted by Gasteiger charge is -2.28. The summed E-state index contributed by atoms with van der Waals surface area (Å²) < 4.78 is 10.7. The molecule has 248 valence electrons. The number of nitrogens with one attached hydrogen (secondary N) is 1. The fraction of sp³-hybridized carbons (Fsp3) is 0.387. The zero-order valence-electron chi connectivity index (χ0n) is 25.4. The molecule has 0 radical (unpaired) electrons. The van der Waals surface area contributed by atoms with Crippen molar-refractivity contribution in [1.29, 1.82) is 0 Å². The molecule has 1 fully saturated rings. The highest BCUT2D eigenvalue weighted by atomic mass is 16.9. The molecule has 15 heteroatoms. The summed E-state index contributed by atoms with van der Waals surface area (Å²) in [6.45, 7) is 3.73. The number of rotatable bonds is 15. The Morgan fingerprint density at radius 1 is 1.04 bits per heavy atom. The number of benzene rings is 2. The zero-order chi connectivity index (χ0) is 34.1. The molecule has 46 heavy (non-hydrogen) atoms. The van der Waals surface area contributed by atoms with Crippen molar-refractivity contribution < 1.29 is 53.6 Å². The van der Waals surface area contributed by atoms with Crippen molar-refractivity contribution in [3.8, 4) is 5.75 Å². The standard InChI is InChI=1S/C27H33N3O8.C4H4O4/c1-3-36-26(32)23(15-14-20-9-5-4-6-10-20)28-19(2)25(31)29-16-8-13-24(29)27(33)38-22-12-7-11-21(17-22)18-37-30(34)35;5-3(6)1-2-4(7)8/h4-7,9-12,17,19,23-24,28H,3,8,13-16,18H2,1-2H3;1-2H,(H,5,6)(H,7,8)/b;2-1-/t19-,23-,24-;/m0./s1. The molecule has 15 nitrogen and oxygen atoms in total. The third kappa shape index (κ3) is 13.1. The topological polar surface area (TPSA) is 212 Å². The molecular weight excluding hydrogens is 606 g/mol. The second-order valence-electron chi connectivity index (χ2n) is 9.98. The fourth-order valence-electron chi connectivity index (χ4n) is 4.52. The van der Waals surface area contributed by atoms with E-state index in [4.69, 9.17) is 19.7 Å². The van der Waals surface area contributed by atoms with Crippen LogP contribution in [-0.4, -0.2) is 81.3 Å². The van der Waals surface area contributed by atoms with Gasteiger partial charge < -0.3 is 29.4 Å². The summed E-state index contributed by atoms with van der Waals surface area (Å²) in [7, 11) is 0. The van der Waals surface area contributed by atoms with Crippen LogP contribution in [0, 0.1) is 10.1 Å². The molecule has 2 aromatic rings. The number of carboxylic acid groups (broad SMARTS) is 2. The van der Waals surface area contributed by atoms with Crippen LogP contribution in [0.4, 0.5) is 0 Å². The van der Waals surface area contributed by atoms with E-state index >= 15 is 0 Å². The van der Waals surface area contributed by atoms with E-state index in [2.05, 4.69) is 10.2 Å². The maximum Gasteiger partial charge on any atom is 0.334 e. The number of hydrogen-bond acceptors (Lipinski definition) is 11. The average Bonchev–Trinajstić information content (AvgIpc) is 3.52. The van der Waals surface area contributed by atoms with Gasteiger partial charge in [-0.3, -0.25) is 14.9 Å². The van der Waals surface area contributed by atoms with Crippen molar-refractivity contribution in [1.82, 2.24) is 10.2 Å². The predicted octanol–water partition coefficient (Wildman–Crippen LogP) is 2.55. The molecular formula is C31H37N3O12. The van der Waals surface area contributed by atoms with Crippen molar-refractivity contribution in [2.24, 2.45) is 0 Å². The summed E-state index contributed by atoms with van der Waals surface area (Å²) in [6.07, 6.45) is 3.26. The molecule has 0 saturated carbocycles. The molecule has 3 atom stereocenters. The summed E-state index contributed by atoms with van der Waals surface area (Å²) in [5.41, 5.74) is 1.53.